The molecule has 0 bridgehead atoms. The van der Waals surface area contributed by atoms with Gasteiger partial charge in [-0.05, 0) is 69.7 Å². The molecule has 3 aromatic rings. The number of thioether (sulfide) groups is 1. The summed E-state index contributed by atoms with van der Waals surface area (Å²) < 4.78 is 7.42. The maximum absolute atomic E-state index is 12.8. The molecular formula is C21H23N3O2S. The van der Waals surface area contributed by atoms with E-state index in [2.05, 4.69) is 16.3 Å². The van der Waals surface area contributed by atoms with Crippen LogP contribution in [0, 0.1) is 13.8 Å². The van der Waals surface area contributed by atoms with Gasteiger partial charge in [-0.1, -0.05) is 23.9 Å². The normalized spacial score (nSPS) is 12.0. The number of Topliss-reactive ketones (excluding diaryl/α,β-unsaturated/α-hetero) is 1. The first kappa shape index (κ1) is 19.2. The quantitative estimate of drug-likeness (QED) is 0.440. The first-order chi connectivity index (χ1) is 13.0. The van der Waals surface area contributed by atoms with Gasteiger partial charge in [0.05, 0.1) is 11.9 Å². The van der Waals surface area contributed by atoms with Crippen LogP contribution in [-0.4, -0.2) is 32.4 Å². The van der Waals surface area contributed by atoms with Crippen molar-refractivity contribution >= 4 is 17.5 Å². The summed E-state index contributed by atoms with van der Waals surface area (Å²) in [5.74, 6) is 1.62. The Morgan fingerprint density at radius 3 is 2.56 bits per heavy atom. The molecule has 0 fully saturated rings. The summed E-state index contributed by atoms with van der Waals surface area (Å²) in [5, 5.41) is 8.91. The summed E-state index contributed by atoms with van der Waals surface area (Å²) in [6, 6.07) is 15.4. The molecule has 0 amide bonds. The molecular weight excluding hydrogens is 358 g/mol. The molecule has 0 saturated carbocycles. The first-order valence-corrected chi connectivity index (χ1v) is 9.80. The second-order valence-corrected chi connectivity index (χ2v) is 7.59. The van der Waals surface area contributed by atoms with Gasteiger partial charge < -0.3 is 4.74 Å². The number of rotatable bonds is 7. The Morgan fingerprint density at radius 1 is 1.15 bits per heavy atom. The van der Waals surface area contributed by atoms with Gasteiger partial charge in [0.15, 0.2) is 10.9 Å². The number of carbonyl (C=O) groups is 1. The molecule has 0 aliphatic rings. The van der Waals surface area contributed by atoms with E-state index in [-0.39, 0.29) is 11.0 Å². The fraction of sp³-hybridized carbons (Fsp3) is 0.286. The fourth-order valence-electron chi connectivity index (χ4n) is 2.81. The number of aromatic nitrogens is 3. The molecule has 0 aliphatic carbocycles. The molecule has 0 saturated heterocycles. The van der Waals surface area contributed by atoms with Crippen LogP contribution in [0.15, 0.2) is 53.7 Å². The van der Waals surface area contributed by atoms with Crippen molar-refractivity contribution in [1.29, 1.82) is 0 Å². The second kappa shape index (κ2) is 8.39. The van der Waals surface area contributed by atoms with E-state index in [0.29, 0.717) is 17.3 Å². The van der Waals surface area contributed by atoms with Gasteiger partial charge in [-0.25, -0.2) is 0 Å². The second-order valence-electron chi connectivity index (χ2n) is 6.29. The third-order valence-corrected chi connectivity index (χ3v) is 5.20. The van der Waals surface area contributed by atoms with Crippen LogP contribution < -0.4 is 4.74 Å². The molecule has 27 heavy (non-hydrogen) atoms. The number of hydrogen-bond donors (Lipinski definition) is 0. The Kier molecular flexibility index (Phi) is 5.96. The van der Waals surface area contributed by atoms with Gasteiger partial charge in [0, 0.05) is 11.3 Å². The molecule has 5 nitrogen and oxygen atoms in total. The highest BCUT2D eigenvalue weighted by atomic mass is 32.2. The molecule has 0 spiro atoms. The zero-order valence-electron chi connectivity index (χ0n) is 16.0. The molecule has 1 aromatic heterocycles. The van der Waals surface area contributed by atoms with Crippen molar-refractivity contribution in [3.05, 3.63) is 65.5 Å². The molecule has 1 atom stereocenters. The third-order valence-electron chi connectivity index (χ3n) is 4.16. The van der Waals surface area contributed by atoms with Crippen LogP contribution in [-0.2, 0) is 0 Å². The summed E-state index contributed by atoms with van der Waals surface area (Å²) in [6.07, 6.45) is 0. The van der Waals surface area contributed by atoms with Gasteiger partial charge in [0.2, 0.25) is 0 Å². The van der Waals surface area contributed by atoms with Crippen LogP contribution in [0.5, 0.6) is 5.75 Å². The van der Waals surface area contributed by atoms with E-state index in [1.54, 1.807) is 12.1 Å². The number of nitrogens with zero attached hydrogens (tertiary/aromatic N) is 3. The minimum atomic E-state index is -0.282. The van der Waals surface area contributed by atoms with E-state index in [9.17, 15) is 4.79 Å². The van der Waals surface area contributed by atoms with Crippen molar-refractivity contribution in [2.75, 3.05) is 6.61 Å². The number of ketones is 1. The number of ether oxygens (including phenoxy) is 1. The Morgan fingerprint density at radius 2 is 1.89 bits per heavy atom. The molecule has 1 unspecified atom stereocenters. The summed E-state index contributed by atoms with van der Waals surface area (Å²) >= 11 is 1.42. The minimum absolute atomic E-state index is 0.0551. The number of benzene rings is 2. The van der Waals surface area contributed by atoms with Gasteiger partial charge in [-0.15, -0.1) is 10.2 Å². The molecule has 3 rings (SSSR count). The van der Waals surface area contributed by atoms with E-state index >= 15 is 0 Å². The van der Waals surface area contributed by atoms with E-state index in [0.717, 1.165) is 22.8 Å². The molecule has 0 radical (unpaired) electrons. The minimum Gasteiger partial charge on any atom is -0.494 e. The van der Waals surface area contributed by atoms with Crippen molar-refractivity contribution in [2.24, 2.45) is 0 Å². The lowest BCUT2D eigenvalue weighted by Crippen LogP contribution is -2.14. The highest BCUT2D eigenvalue weighted by Crippen LogP contribution is 2.28. The van der Waals surface area contributed by atoms with Gasteiger partial charge >= 0.3 is 0 Å². The van der Waals surface area contributed by atoms with Crippen LogP contribution in [0.3, 0.4) is 0 Å². The van der Waals surface area contributed by atoms with Crippen LogP contribution in [0.4, 0.5) is 0 Å². The standard InChI is InChI=1S/C21H23N3O2S/c1-5-26-19-11-9-17(10-12-19)20(25)15(3)27-21-23-22-16(4)24(21)18-8-6-7-14(2)13-18/h6-13,15H,5H2,1-4H3. The lowest BCUT2D eigenvalue weighted by atomic mass is 10.1. The van der Waals surface area contributed by atoms with E-state index in [1.165, 1.54) is 11.8 Å². The zero-order valence-corrected chi connectivity index (χ0v) is 16.8. The summed E-state index contributed by atoms with van der Waals surface area (Å²) in [7, 11) is 0. The topological polar surface area (TPSA) is 57.0 Å². The van der Waals surface area contributed by atoms with Gasteiger partial charge in [0.1, 0.15) is 11.6 Å². The van der Waals surface area contributed by atoms with Crippen LogP contribution in [0.1, 0.15) is 35.6 Å². The molecule has 6 heteroatoms. The van der Waals surface area contributed by atoms with Crippen LogP contribution in [0.2, 0.25) is 0 Å². The van der Waals surface area contributed by atoms with Crippen molar-refractivity contribution in [2.45, 2.75) is 38.1 Å². The van der Waals surface area contributed by atoms with E-state index in [4.69, 9.17) is 4.74 Å². The highest BCUT2D eigenvalue weighted by molar-refractivity contribution is 8.00. The van der Waals surface area contributed by atoms with Gasteiger partial charge in [0.25, 0.3) is 0 Å². The zero-order chi connectivity index (χ0) is 19.4. The SMILES string of the molecule is CCOc1ccc(C(=O)C(C)Sc2nnc(C)n2-c2cccc(C)c2)cc1. The predicted molar refractivity (Wildman–Crippen MR) is 108 cm³/mol. The maximum Gasteiger partial charge on any atom is 0.196 e. The summed E-state index contributed by atoms with van der Waals surface area (Å²) in [6.45, 7) is 8.40. The molecule has 2 aromatic carbocycles. The molecule has 1 heterocycles. The van der Waals surface area contributed by atoms with Crippen LogP contribution in [0.25, 0.3) is 5.69 Å². The van der Waals surface area contributed by atoms with E-state index in [1.807, 2.05) is 62.6 Å². The maximum atomic E-state index is 12.8. The lowest BCUT2D eigenvalue weighted by molar-refractivity contribution is 0.0994. The van der Waals surface area contributed by atoms with Crippen LogP contribution >= 0.6 is 11.8 Å². The third kappa shape index (κ3) is 4.39. The summed E-state index contributed by atoms with van der Waals surface area (Å²) in [4.78, 5) is 12.8. The van der Waals surface area contributed by atoms with Crippen molar-refractivity contribution < 1.29 is 9.53 Å². The Hall–Kier alpha value is -2.60. The first-order valence-electron chi connectivity index (χ1n) is 8.92. The largest absolute Gasteiger partial charge is 0.494 e. The number of hydrogen-bond acceptors (Lipinski definition) is 5. The van der Waals surface area contributed by atoms with Crippen molar-refractivity contribution in [3.63, 3.8) is 0 Å². The number of carbonyl (C=O) groups excluding carboxylic acids is 1. The average Bonchev–Trinajstić information content (AvgIpc) is 3.02. The summed E-state index contributed by atoms with van der Waals surface area (Å²) in [5.41, 5.74) is 2.83. The van der Waals surface area contributed by atoms with Crippen molar-refractivity contribution in [1.82, 2.24) is 14.8 Å². The van der Waals surface area contributed by atoms with Gasteiger partial charge in [-0.3, -0.25) is 9.36 Å². The molecule has 140 valence electrons. The Bertz CT molecular complexity index is 935. The number of aryl methyl sites for hydroxylation is 2. The lowest BCUT2D eigenvalue weighted by Gasteiger charge is -2.13. The monoisotopic (exact) mass is 381 g/mol. The van der Waals surface area contributed by atoms with Gasteiger partial charge in [-0.2, -0.15) is 0 Å². The Balaban J connectivity index is 1.80. The highest BCUT2D eigenvalue weighted by Gasteiger charge is 2.21. The molecule has 0 N–H and O–H groups in total. The average molecular weight is 382 g/mol. The molecule has 0 aliphatic heterocycles. The predicted octanol–water partition coefficient (Wildman–Crippen LogP) is 4.65. The fourth-order valence-corrected chi connectivity index (χ4v) is 3.80. The Labute approximate surface area is 163 Å². The van der Waals surface area contributed by atoms with E-state index < -0.39 is 0 Å². The smallest absolute Gasteiger partial charge is 0.196 e. The van der Waals surface area contributed by atoms with Crippen molar-refractivity contribution in [3.8, 4) is 11.4 Å².